The van der Waals surface area contributed by atoms with Crippen molar-refractivity contribution in [3.05, 3.63) is 53.1 Å². The quantitative estimate of drug-likeness (QED) is 0.310. The zero-order valence-corrected chi connectivity index (χ0v) is 20.2. The Morgan fingerprint density at radius 3 is 2.45 bits per heavy atom. The zero-order valence-electron chi connectivity index (χ0n) is 19.4. The second-order valence-corrected chi connectivity index (χ2v) is 10.2. The fourth-order valence-corrected chi connectivity index (χ4v) is 4.06. The van der Waals surface area contributed by atoms with Gasteiger partial charge in [0, 0.05) is 0 Å². The molecular formula is C24H34N2O4S. The number of rotatable bonds is 10. The van der Waals surface area contributed by atoms with E-state index in [2.05, 4.69) is 16.9 Å². The molecule has 2 aromatic rings. The van der Waals surface area contributed by atoms with Crippen LogP contribution in [0.15, 0.2) is 46.4 Å². The molecule has 0 unspecified atom stereocenters. The van der Waals surface area contributed by atoms with Gasteiger partial charge in [-0.25, -0.2) is 4.83 Å². The van der Waals surface area contributed by atoms with Crippen molar-refractivity contribution in [3.63, 3.8) is 0 Å². The topological polar surface area (TPSA) is 77.0 Å². The number of unbranched alkanes of at least 4 members (excludes halogenated alkanes) is 2. The van der Waals surface area contributed by atoms with Gasteiger partial charge in [0.2, 0.25) is 0 Å². The lowest BCUT2D eigenvalue weighted by molar-refractivity contribution is 0.286. The van der Waals surface area contributed by atoms with Gasteiger partial charge in [0.05, 0.1) is 24.8 Å². The minimum Gasteiger partial charge on any atom is -0.493 e. The van der Waals surface area contributed by atoms with Gasteiger partial charge >= 0.3 is 0 Å². The molecule has 0 heterocycles. The van der Waals surface area contributed by atoms with Crippen molar-refractivity contribution in [2.75, 3.05) is 13.7 Å². The first kappa shape index (κ1) is 24.7. The number of hydrogen-bond donors (Lipinski definition) is 1. The minimum absolute atomic E-state index is 0.155. The Kier molecular flexibility index (Phi) is 8.51. The molecule has 170 valence electrons. The predicted molar refractivity (Wildman–Crippen MR) is 126 cm³/mol. The molecule has 1 N–H and O–H groups in total. The van der Waals surface area contributed by atoms with Crippen LogP contribution in [0.3, 0.4) is 0 Å². The fourth-order valence-electron chi connectivity index (χ4n) is 2.99. The summed E-state index contributed by atoms with van der Waals surface area (Å²) < 4.78 is 36.8. The van der Waals surface area contributed by atoms with E-state index < -0.39 is 10.0 Å². The molecular weight excluding hydrogens is 412 g/mol. The predicted octanol–water partition coefficient (Wildman–Crippen LogP) is 5.18. The maximum atomic E-state index is 12.8. The number of hydrazone groups is 1. The third-order valence-electron chi connectivity index (χ3n) is 4.92. The third-order valence-corrected chi connectivity index (χ3v) is 6.29. The fraction of sp³-hybridized carbons (Fsp3) is 0.458. The molecule has 0 saturated heterocycles. The Balaban J connectivity index is 2.14. The Labute approximate surface area is 186 Å². The number of nitrogens with zero attached hydrogens (tertiary/aromatic N) is 1. The average Bonchev–Trinajstić information content (AvgIpc) is 2.71. The van der Waals surface area contributed by atoms with Crippen LogP contribution in [0.25, 0.3) is 0 Å². The number of methoxy groups -OCH3 is 1. The van der Waals surface area contributed by atoms with Crippen molar-refractivity contribution in [2.24, 2.45) is 5.10 Å². The number of nitrogens with one attached hydrogen (secondary N) is 1. The van der Waals surface area contributed by atoms with Crippen molar-refractivity contribution in [1.29, 1.82) is 0 Å². The summed E-state index contributed by atoms with van der Waals surface area (Å²) in [5.41, 5.74) is 2.15. The van der Waals surface area contributed by atoms with Crippen molar-refractivity contribution in [3.8, 4) is 11.5 Å². The average molecular weight is 447 g/mol. The molecule has 0 aliphatic rings. The number of aryl methyl sites for hydroxylation is 1. The van der Waals surface area contributed by atoms with Gasteiger partial charge in [0.1, 0.15) is 0 Å². The summed E-state index contributed by atoms with van der Waals surface area (Å²) in [6.07, 6.45) is 4.68. The molecule has 0 radical (unpaired) electrons. The van der Waals surface area contributed by atoms with E-state index in [4.69, 9.17) is 9.47 Å². The number of hydrogen-bond acceptors (Lipinski definition) is 5. The van der Waals surface area contributed by atoms with Crippen LogP contribution in [-0.2, 0) is 15.4 Å². The third kappa shape index (κ3) is 6.99. The number of benzene rings is 2. The molecule has 2 aromatic carbocycles. The van der Waals surface area contributed by atoms with Crippen LogP contribution < -0.4 is 14.3 Å². The van der Waals surface area contributed by atoms with Crippen LogP contribution in [0.4, 0.5) is 0 Å². The van der Waals surface area contributed by atoms with E-state index in [9.17, 15) is 8.42 Å². The van der Waals surface area contributed by atoms with Crippen molar-refractivity contribution >= 4 is 16.2 Å². The zero-order chi connectivity index (χ0) is 23.1. The largest absolute Gasteiger partial charge is 0.493 e. The van der Waals surface area contributed by atoms with E-state index in [0.29, 0.717) is 29.2 Å². The molecule has 0 aliphatic heterocycles. The van der Waals surface area contributed by atoms with E-state index in [1.807, 2.05) is 32.9 Å². The van der Waals surface area contributed by atoms with E-state index in [0.717, 1.165) is 24.8 Å². The summed E-state index contributed by atoms with van der Waals surface area (Å²) in [4.78, 5) is 2.54. The van der Waals surface area contributed by atoms with Crippen LogP contribution in [-0.4, -0.2) is 28.3 Å². The van der Waals surface area contributed by atoms with Gasteiger partial charge in [0.15, 0.2) is 11.5 Å². The maximum Gasteiger partial charge on any atom is 0.276 e. The number of sulfonamides is 1. The Bertz CT molecular complexity index is 1010. The van der Waals surface area contributed by atoms with Crippen LogP contribution in [0.2, 0.25) is 0 Å². The molecule has 2 rings (SSSR count). The lowest BCUT2D eigenvalue weighted by Crippen LogP contribution is -2.21. The number of ether oxygens (including phenoxy) is 2. The van der Waals surface area contributed by atoms with Gasteiger partial charge in [-0.1, -0.05) is 52.7 Å². The molecule has 0 bridgehead atoms. The molecule has 0 saturated carbocycles. The summed E-state index contributed by atoms with van der Waals surface area (Å²) in [5, 5.41) is 3.95. The van der Waals surface area contributed by atoms with Gasteiger partial charge in [-0.2, -0.15) is 13.5 Å². The van der Waals surface area contributed by atoms with Crippen molar-refractivity contribution < 1.29 is 17.9 Å². The van der Waals surface area contributed by atoms with Crippen molar-refractivity contribution in [2.45, 2.75) is 64.2 Å². The summed E-state index contributed by atoms with van der Waals surface area (Å²) >= 11 is 0. The summed E-state index contributed by atoms with van der Waals surface area (Å²) in [7, 11) is -2.22. The van der Waals surface area contributed by atoms with Gasteiger partial charge in [0.25, 0.3) is 10.0 Å². The Morgan fingerprint density at radius 2 is 1.81 bits per heavy atom. The monoisotopic (exact) mass is 446 g/mol. The standard InChI is InChI=1S/C24H34N2O4S/c1-7-8-9-14-30-21-13-11-19(15-22(21)29-6)17-25-26-31(27,28)23-16-20(24(3,4)5)12-10-18(23)2/h10-13,15-17,26H,7-9,14H2,1-6H3/b25-17+. The first-order valence-corrected chi connectivity index (χ1v) is 12.0. The van der Waals surface area contributed by atoms with Crippen LogP contribution in [0.1, 0.15) is 63.6 Å². The summed E-state index contributed by atoms with van der Waals surface area (Å²) in [6.45, 7) is 10.7. The van der Waals surface area contributed by atoms with Gasteiger partial charge in [-0.05, 0) is 59.7 Å². The van der Waals surface area contributed by atoms with Gasteiger partial charge in [-0.3, -0.25) is 0 Å². The molecule has 0 fully saturated rings. The van der Waals surface area contributed by atoms with E-state index in [-0.39, 0.29) is 10.3 Å². The lowest BCUT2D eigenvalue weighted by atomic mass is 9.87. The normalized spacial score (nSPS) is 12.2. The molecule has 31 heavy (non-hydrogen) atoms. The molecule has 0 spiro atoms. The Hall–Kier alpha value is -2.54. The molecule has 0 atom stereocenters. The highest BCUT2D eigenvalue weighted by Gasteiger charge is 2.21. The molecule has 0 aliphatic carbocycles. The maximum absolute atomic E-state index is 12.8. The summed E-state index contributed by atoms with van der Waals surface area (Å²) in [5.74, 6) is 1.24. The second-order valence-electron chi connectivity index (χ2n) is 8.55. The second kappa shape index (κ2) is 10.7. The molecule has 0 aromatic heterocycles. The smallest absolute Gasteiger partial charge is 0.276 e. The van der Waals surface area contributed by atoms with E-state index in [1.54, 1.807) is 38.3 Å². The van der Waals surface area contributed by atoms with E-state index >= 15 is 0 Å². The molecule has 6 nitrogen and oxygen atoms in total. The first-order chi connectivity index (χ1) is 14.6. The Morgan fingerprint density at radius 1 is 1.06 bits per heavy atom. The first-order valence-electron chi connectivity index (χ1n) is 10.6. The molecule has 7 heteroatoms. The highest BCUT2D eigenvalue weighted by molar-refractivity contribution is 7.89. The van der Waals surface area contributed by atoms with Crippen LogP contribution in [0, 0.1) is 6.92 Å². The van der Waals surface area contributed by atoms with Gasteiger partial charge in [-0.15, -0.1) is 0 Å². The molecule has 0 amide bonds. The highest BCUT2D eigenvalue weighted by atomic mass is 32.2. The van der Waals surface area contributed by atoms with Crippen LogP contribution >= 0.6 is 0 Å². The van der Waals surface area contributed by atoms with Crippen molar-refractivity contribution in [1.82, 2.24) is 4.83 Å². The lowest BCUT2D eigenvalue weighted by Gasteiger charge is -2.20. The van der Waals surface area contributed by atoms with Crippen LogP contribution in [0.5, 0.6) is 11.5 Å². The van der Waals surface area contributed by atoms with Gasteiger partial charge < -0.3 is 9.47 Å². The van der Waals surface area contributed by atoms with E-state index in [1.165, 1.54) is 6.21 Å². The minimum atomic E-state index is -3.79. The SMILES string of the molecule is CCCCCOc1ccc(/C=N/NS(=O)(=O)c2cc(C(C)(C)C)ccc2C)cc1OC. The highest BCUT2D eigenvalue weighted by Crippen LogP contribution is 2.28. The summed E-state index contributed by atoms with van der Waals surface area (Å²) in [6, 6.07) is 10.9.